The van der Waals surface area contributed by atoms with Gasteiger partial charge in [-0.1, -0.05) is 48.0 Å². The third-order valence-corrected chi connectivity index (χ3v) is 5.57. The lowest BCUT2D eigenvalue weighted by atomic mass is 10.1. The van der Waals surface area contributed by atoms with Crippen molar-refractivity contribution in [3.63, 3.8) is 0 Å². The van der Waals surface area contributed by atoms with E-state index in [2.05, 4.69) is 4.72 Å². The van der Waals surface area contributed by atoms with Crippen molar-refractivity contribution in [3.05, 3.63) is 65.7 Å². The van der Waals surface area contributed by atoms with Crippen LogP contribution in [0.5, 0.6) is 0 Å². The van der Waals surface area contributed by atoms with Gasteiger partial charge in [-0.3, -0.25) is 4.79 Å². The molecular formula is C20H26N2O3S. The van der Waals surface area contributed by atoms with Crippen molar-refractivity contribution in [2.75, 3.05) is 23.7 Å². The van der Waals surface area contributed by atoms with E-state index in [9.17, 15) is 13.2 Å². The summed E-state index contributed by atoms with van der Waals surface area (Å²) in [4.78, 5) is 13.4. The molecule has 0 radical (unpaired) electrons. The van der Waals surface area contributed by atoms with E-state index in [4.69, 9.17) is 0 Å². The molecule has 2 aromatic rings. The van der Waals surface area contributed by atoms with Crippen LogP contribution < -0.4 is 9.62 Å². The Morgan fingerprint density at radius 1 is 1.04 bits per heavy atom. The molecule has 0 unspecified atom stereocenters. The van der Waals surface area contributed by atoms with Gasteiger partial charge < -0.3 is 4.90 Å². The molecule has 0 atom stereocenters. The molecule has 1 amide bonds. The van der Waals surface area contributed by atoms with Gasteiger partial charge >= 0.3 is 0 Å². The van der Waals surface area contributed by atoms with Crippen molar-refractivity contribution in [1.82, 2.24) is 4.72 Å². The lowest BCUT2D eigenvalue weighted by Gasteiger charge is -2.21. The van der Waals surface area contributed by atoms with E-state index in [1.807, 2.05) is 61.5 Å². The summed E-state index contributed by atoms with van der Waals surface area (Å²) < 4.78 is 26.9. The van der Waals surface area contributed by atoms with Gasteiger partial charge in [0.1, 0.15) is 0 Å². The van der Waals surface area contributed by atoms with Gasteiger partial charge in [-0.2, -0.15) is 0 Å². The Balaban J connectivity index is 1.81. The Hall–Kier alpha value is -2.18. The summed E-state index contributed by atoms with van der Waals surface area (Å²) in [7, 11) is -3.35. The quantitative estimate of drug-likeness (QED) is 0.734. The first kappa shape index (κ1) is 20.1. The van der Waals surface area contributed by atoms with Crippen LogP contribution >= 0.6 is 0 Å². The van der Waals surface area contributed by atoms with Crippen LogP contribution in [-0.2, 0) is 21.2 Å². The molecule has 0 bridgehead atoms. The van der Waals surface area contributed by atoms with Crippen molar-refractivity contribution in [2.45, 2.75) is 26.7 Å². The summed E-state index contributed by atoms with van der Waals surface area (Å²) >= 11 is 0. The minimum absolute atomic E-state index is 0.0759. The van der Waals surface area contributed by atoms with E-state index < -0.39 is 10.0 Å². The van der Waals surface area contributed by atoms with Crippen LogP contribution in [0.25, 0.3) is 0 Å². The van der Waals surface area contributed by atoms with Gasteiger partial charge in [0, 0.05) is 25.7 Å². The number of hydrogen-bond donors (Lipinski definition) is 1. The highest BCUT2D eigenvalue weighted by molar-refractivity contribution is 7.89. The predicted octanol–water partition coefficient (Wildman–Crippen LogP) is 2.90. The third kappa shape index (κ3) is 6.61. The van der Waals surface area contributed by atoms with Gasteiger partial charge in [0.2, 0.25) is 15.9 Å². The molecular weight excluding hydrogens is 348 g/mol. The molecule has 1 N–H and O–H groups in total. The zero-order valence-corrected chi connectivity index (χ0v) is 16.1. The van der Waals surface area contributed by atoms with E-state index in [0.717, 1.165) is 23.2 Å². The third-order valence-electron chi connectivity index (χ3n) is 4.10. The van der Waals surface area contributed by atoms with E-state index in [-0.39, 0.29) is 18.2 Å². The van der Waals surface area contributed by atoms with Gasteiger partial charge in [-0.25, -0.2) is 13.1 Å². The number of benzene rings is 2. The minimum Gasteiger partial charge on any atom is -0.311 e. The van der Waals surface area contributed by atoms with E-state index in [1.54, 1.807) is 4.90 Å². The molecule has 0 aliphatic carbocycles. The van der Waals surface area contributed by atoms with Crippen molar-refractivity contribution in [3.8, 4) is 0 Å². The first-order valence-electron chi connectivity index (χ1n) is 8.73. The molecule has 0 heterocycles. The van der Waals surface area contributed by atoms with Crippen molar-refractivity contribution in [1.29, 1.82) is 0 Å². The summed E-state index contributed by atoms with van der Waals surface area (Å²) in [5.74, 6) is -0.0379. The van der Waals surface area contributed by atoms with Crippen LogP contribution in [0.3, 0.4) is 0 Å². The molecule has 0 aliphatic heterocycles. The fourth-order valence-electron chi connectivity index (χ4n) is 2.69. The van der Waals surface area contributed by atoms with Crippen LogP contribution in [0.2, 0.25) is 0 Å². The fourth-order valence-corrected chi connectivity index (χ4v) is 3.76. The van der Waals surface area contributed by atoms with Gasteiger partial charge in [0.25, 0.3) is 0 Å². The van der Waals surface area contributed by atoms with Crippen molar-refractivity contribution >= 4 is 21.6 Å². The maximum Gasteiger partial charge on any atom is 0.223 e. The molecule has 0 saturated carbocycles. The second-order valence-electron chi connectivity index (χ2n) is 6.31. The topological polar surface area (TPSA) is 66.5 Å². The highest BCUT2D eigenvalue weighted by Gasteiger charge is 2.14. The zero-order valence-electron chi connectivity index (χ0n) is 15.3. The maximum absolute atomic E-state index is 12.1. The Kier molecular flexibility index (Phi) is 7.36. The first-order valence-corrected chi connectivity index (χ1v) is 10.4. The van der Waals surface area contributed by atoms with Crippen LogP contribution in [0.15, 0.2) is 54.6 Å². The number of nitrogens with one attached hydrogen (secondary N) is 1. The predicted molar refractivity (Wildman–Crippen MR) is 106 cm³/mol. The molecule has 0 saturated heterocycles. The average molecular weight is 375 g/mol. The van der Waals surface area contributed by atoms with Gasteiger partial charge in [0.05, 0.1) is 5.75 Å². The largest absolute Gasteiger partial charge is 0.311 e. The summed E-state index contributed by atoms with van der Waals surface area (Å²) in [6, 6.07) is 17.4. The monoisotopic (exact) mass is 374 g/mol. The maximum atomic E-state index is 12.1. The Morgan fingerprint density at radius 3 is 2.31 bits per heavy atom. The zero-order chi connectivity index (χ0) is 19.0. The van der Waals surface area contributed by atoms with E-state index >= 15 is 0 Å². The number of amides is 1. The highest BCUT2D eigenvalue weighted by atomic mass is 32.2. The number of carbonyl (C=O) groups is 1. The summed E-state index contributed by atoms with van der Waals surface area (Å²) in [6.45, 7) is 3.96. The van der Waals surface area contributed by atoms with Crippen LogP contribution in [0.4, 0.5) is 5.69 Å². The molecule has 2 aromatic carbocycles. The molecule has 5 nitrogen and oxygen atoms in total. The van der Waals surface area contributed by atoms with Gasteiger partial charge in [-0.15, -0.1) is 0 Å². The Morgan fingerprint density at radius 2 is 1.69 bits per heavy atom. The summed E-state index contributed by atoms with van der Waals surface area (Å²) in [5.41, 5.74) is 3.01. The van der Waals surface area contributed by atoms with Gasteiger partial charge in [-0.05, 0) is 37.5 Å². The molecule has 0 spiro atoms. The Bertz CT molecular complexity index is 803. The summed E-state index contributed by atoms with van der Waals surface area (Å²) in [5, 5.41) is 0. The van der Waals surface area contributed by atoms with Crippen LogP contribution in [0.1, 0.15) is 24.5 Å². The number of hydrogen-bond acceptors (Lipinski definition) is 3. The van der Waals surface area contributed by atoms with Crippen molar-refractivity contribution < 1.29 is 13.2 Å². The SMILES string of the molecule is CC(=O)N(CCNS(=O)(=O)CCCc1ccccc1)c1ccc(C)cc1. The molecule has 26 heavy (non-hydrogen) atoms. The molecule has 0 fully saturated rings. The number of aryl methyl sites for hydroxylation is 2. The second-order valence-corrected chi connectivity index (χ2v) is 8.23. The second kappa shape index (κ2) is 9.50. The standard InChI is InChI=1S/C20H26N2O3S/c1-17-10-12-20(13-11-17)22(18(2)23)15-14-21-26(24,25)16-6-9-19-7-4-3-5-8-19/h3-5,7-8,10-13,21H,6,9,14-16H2,1-2H3. The first-order chi connectivity index (χ1) is 12.4. The number of carbonyl (C=O) groups excluding carboxylic acids is 1. The number of rotatable bonds is 9. The van der Waals surface area contributed by atoms with E-state index in [0.29, 0.717) is 13.0 Å². The van der Waals surface area contributed by atoms with Gasteiger partial charge in [0.15, 0.2) is 0 Å². The lowest BCUT2D eigenvalue weighted by molar-refractivity contribution is -0.116. The molecule has 0 aliphatic rings. The van der Waals surface area contributed by atoms with Crippen LogP contribution in [0, 0.1) is 6.92 Å². The molecule has 2 rings (SSSR count). The van der Waals surface area contributed by atoms with E-state index in [1.165, 1.54) is 6.92 Å². The normalized spacial score (nSPS) is 11.3. The van der Waals surface area contributed by atoms with Crippen molar-refractivity contribution in [2.24, 2.45) is 0 Å². The highest BCUT2D eigenvalue weighted by Crippen LogP contribution is 2.15. The molecule has 6 heteroatoms. The number of nitrogens with zero attached hydrogens (tertiary/aromatic N) is 1. The number of anilines is 1. The molecule has 0 aromatic heterocycles. The Labute approximate surface area is 156 Å². The van der Waals surface area contributed by atoms with Crippen LogP contribution in [-0.4, -0.2) is 33.2 Å². The molecule has 140 valence electrons. The smallest absolute Gasteiger partial charge is 0.223 e. The summed E-state index contributed by atoms with van der Waals surface area (Å²) in [6.07, 6.45) is 1.29. The number of sulfonamides is 1. The average Bonchev–Trinajstić information content (AvgIpc) is 2.60. The fraction of sp³-hybridized carbons (Fsp3) is 0.350. The lowest BCUT2D eigenvalue weighted by Crippen LogP contribution is -2.38. The minimum atomic E-state index is -3.35.